The minimum atomic E-state index is -2.98. The van der Waals surface area contributed by atoms with Crippen molar-refractivity contribution >= 4 is 15.7 Å². The minimum Gasteiger partial charge on any atom is -0.483 e. The first-order chi connectivity index (χ1) is 9.77. The predicted octanol–water partition coefficient (Wildman–Crippen LogP) is 1.29. The molecule has 1 heterocycles. The van der Waals surface area contributed by atoms with Crippen molar-refractivity contribution in [1.82, 2.24) is 5.32 Å². The Hall–Kier alpha value is -1.56. The summed E-state index contributed by atoms with van der Waals surface area (Å²) in [5, 5.41) is 2.71. The summed E-state index contributed by atoms with van der Waals surface area (Å²) in [6.45, 7) is 5.80. The molecule has 0 aromatic heterocycles. The fraction of sp³-hybridized carbons (Fsp3) is 0.533. The van der Waals surface area contributed by atoms with Crippen molar-refractivity contribution in [3.8, 4) is 5.75 Å². The molecule has 1 N–H and O–H groups in total. The molecule has 1 saturated heterocycles. The Balaban J connectivity index is 1.90. The number of nitrogens with one attached hydrogen (secondary N) is 1. The van der Waals surface area contributed by atoms with Crippen LogP contribution in [0.15, 0.2) is 12.1 Å². The highest BCUT2D eigenvalue weighted by molar-refractivity contribution is 7.91. The predicted molar refractivity (Wildman–Crippen MR) is 81.3 cm³/mol. The lowest BCUT2D eigenvalue weighted by Gasteiger charge is -2.15. The zero-order valence-electron chi connectivity index (χ0n) is 12.6. The lowest BCUT2D eigenvalue weighted by Crippen LogP contribution is -2.38. The Morgan fingerprint density at radius 1 is 1.29 bits per heavy atom. The quantitative estimate of drug-likeness (QED) is 0.909. The standard InChI is InChI=1S/C15H21NO4S/c1-10-6-11(2)15(12(3)7-10)20-8-14(17)16-13-4-5-21(18,19)9-13/h6-7,13H,4-5,8-9H2,1-3H3,(H,16,17). The van der Waals surface area contributed by atoms with Gasteiger partial charge in [-0.3, -0.25) is 4.79 Å². The second-order valence-corrected chi connectivity index (χ2v) is 7.91. The van der Waals surface area contributed by atoms with E-state index in [1.54, 1.807) is 0 Å². The summed E-state index contributed by atoms with van der Waals surface area (Å²) in [5.41, 5.74) is 3.13. The molecule has 0 bridgehead atoms. The van der Waals surface area contributed by atoms with E-state index in [0.717, 1.165) is 22.4 Å². The molecule has 21 heavy (non-hydrogen) atoms. The van der Waals surface area contributed by atoms with Gasteiger partial charge in [0.1, 0.15) is 5.75 Å². The molecule has 1 aromatic carbocycles. The van der Waals surface area contributed by atoms with Crippen molar-refractivity contribution in [3.05, 3.63) is 28.8 Å². The summed E-state index contributed by atoms with van der Waals surface area (Å²) in [5.74, 6) is 0.613. The van der Waals surface area contributed by atoms with Gasteiger partial charge >= 0.3 is 0 Å². The molecule has 1 aromatic rings. The molecule has 0 spiro atoms. The van der Waals surface area contributed by atoms with Crippen LogP contribution in [0.5, 0.6) is 5.75 Å². The Labute approximate surface area is 125 Å². The maximum Gasteiger partial charge on any atom is 0.258 e. The molecular weight excluding hydrogens is 290 g/mol. The summed E-state index contributed by atoms with van der Waals surface area (Å²) in [7, 11) is -2.98. The van der Waals surface area contributed by atoms with Crippen LogP contribution in [0.1, 0.15) is 23.1 Å². The van der Waals surface area contributed by atoms with Gasteiger partial charge in [0.15, 0.2) is 16.4 Å². The highest BCUT2D eigenvalue weighted by Gasteiger charge is 2.28. The first-order valence-corrected chi connectivity index (χ1v) is 8.79. The number of carbonyl (C=O) groups excluding carboxylic acids is 1. The lowest BCUT2D eigenvalue weighted by atomic mass is 10.1. The zero-order valence-corrected chi connectivity index (χ0v) is 13.4. The third kappa shape index (κ3) is 4.20. The van der Waals surface area contributed by atoms with Crippen molar-refractivity contribution < 1.29 is 17.9 Å². The first-order valence-electron chi connectivity index (χ1n) is 6.97. The summed E-state index contributed by atoms with van der Waals surface area (Å²) in [6, 6.07) is 3.72. The summed E-state index contributed by atoms with van der Waals surface area (Å²) >= 11 is 0. The largest absolute Gasteiger partial charge is 0.483 e. The van der Waals surface area contributed by atoms with Crippen LogP contribution in [-0.4, -0.2) is 38.5 Å². The minimum absolute atomic E-state index is 0.0291. The Morgan fingerprint density at radius 2 is 1.90 bits per heavy atom. The van der Waals surface area contributed by atoms with Crippen LogP contribution in [0.2, 0.25) is 0 Å². The Kier molecular flexibility index (Phi) is 4.56. The average Bonchev–Trinajstić information content (AvgIpc) is 2.67. The fourth-order valence-corrected chi connectivity index (χ4v) is 4.38. The highest BCUT2D eigenvalue weighted by atomic mass is 32.2. The van der Waals surface area contributed by atoms with Crippen LogP contribution in [-0.2, 0) is 14.6 Å². The van der Waals surface area contributed by atoms with Gasteiger partial charge in [0.05, 0.1) is 11.5 Å². The van der Waals surface area contributed by atoms with Gasteiger partial charge in [0.25, 0.3) is 5.91 Å². The van der Waals surface area contributed by atoms with Crippen molar-refractivity contribution in [2.75, 3.05) is 18.1 Å². The van der Waals surface area contributed by atoms with Crippen LogP contribution >= 0.6 is 0 Å². The number of ether oxygens (including phenoxy) is 1. The molecule has 0 saturated carbocycles. The molecule has 6 heteroatoms. The van der Waals surface area contributed by atoms with E-state index in [0.29, 0.717) is 6.42 Å². The number of carbonyl (C=O) groups is 1. The van der Waals surface area contributed by atoms with Crippen molar-refractivity contribution in [3.63, 3.8) is 0 Å². The Bertz CT molecular complexity index is 629. The van der Waals surface area contributed by atoms with Gasteiger partial charge < -0.3 is 10.1 Å². The van der Waals surface area contributed by atoms with Gasteiger partial charge in [-0.2, -0.15) is 0 Å². The first kappa shape index (κ1) is 15.8. The third-order valence-electron chi connectivity index (χ3n) is 3.55. The van der Waals surface area contributed by atoms with Crippen LogP contribution in [0.25, 0.3) is 0 Å². The average molecular weight is 311 g/mol. The molecule has 1 aliphatic heterocycles. The molecule has 2 rings (SSSR count). The number of hydrogen-bond acceptors (Lipinski definition) is 4. The van der Waals surface area contributed by atoms with E-state index in [2.05, 4.69) is 5.32 Å². The topological polar surface area (TPSA) is 72.5 Å². The lowest BCUT2D eigenvalue weighted by molar-refractivity contribution is -0.123. The molecule has 1 unspecified atom stereocenters. The van der Waals surface area contributed by atoms with Crippen LogP contribution in [0.3, 0.4) is 0 Å². The van der Waals surface area contributed by atoms with Crippen LogP contribution < -0.4 is 10.1 Å². The van der Waals surface area contributed by atoms with Crippen LogP contribution in [0, 0.1) is 20.8 Å². The molecule has 0 aliphatic carbocycles. The molecule has 0 radical (unpaired) electrons. The molecule has 116 valence electrons. The van der Waals surface area contributed by atoms with E-state index in [1.807, 2.05) is 32.9 Å². The molecule has 1 atom stereocenters. The Morgan fingerprint density at radius 3 is 2.43 bits per heavy atom. The van der Waals surface area contributed by atoms with Gasteiger partial charge in [-0.25, -0.2) is 8.42 Å². The molecule has 5 nitrogen and oxygen atoms in total. The van der Waals surface area contributed by atoms with Crippen molar-refractivity contribution in [1.29, 1.82) is 0 Å². The normalized spacial score (nSPS) is 20.2. The molecule has 1 aliphatic rings. The smallest absolute Gasteiger partial charge is 0.258 e. The molecule has 1 amide bonds. The van der Waals surface area contributed by atoms with Crippen molar-refractivity contribution in [2.24, 2.45) is 0 Å². The molecule has 1 fully saturated rings. The summed E-state index contributed by atoms with van der Waals surface area (Å²) < 4.78 is 28.3. The highest BCUT2D eigenvalue weighted by Crippen LogP contribution is 2.24. The summed E-state index contributed by atoms with van der Waals surface area (Å²) in [4.78, 5) is 11.8. The number of benzene rings is 1. The van der Waals surface area contributed by atoms with Crippen molar-refractivity contribution in [2.45, 2.75) is 33.2 Å². The zero-order chi connectivity index (χ0) is 15.6. The van der Waals surface area contributed by atoms with E-state index >= 15 is 0 Å². The maximum atomic E-state index is 11.8. The number of hydrogen-bond donors (Lipinski definition) is 1. The fourth-order valence-electron chi connectivity index (χ4n) is 2.71. The molecular formula is C15H21NO4S. The SMILES string of the molecule is Cc1cc(C)c(OCC(=O)NC2CCS(=O)(=O)C2)c(C)c1. The number of amides is 1. The van der Waals surface area contributed by atoms with E-state index in [4.69, 9.17) is 4.74 Å². The van der Waals surface area contributed by atoms with Crippen LogP contribution in [0.4, 0.5) is 0 Å². The van der Waals surface area contributed by atoms with Gasteiger partial charge in [0.2, 0.25) is 0 Å². The number of sulfone groups is 1. The number of aryl methyl sites for hydroxylation is 3. The second-order valence-electron chi connectivity index (χ2n) is 5.68. The maximum absolute atomic E-state index is 11.8. The second kappa shape index (κ2) is 6.05. The van der Waals surface area contributed by atoms with E-state index in [1.165, 1.54) is 0 Å². The summed E-state index contributed by atoms with van der Waals surface area (Å²) in [6.07, 6.45) is 0.483. The third-order valence-corrected chi connectivity index (χ3v) is 5.32. The van der Waals surface area contributed by atoms with Gasteiger partial charge in [-0.05, 0) is 38.3 Å². The van der Waals surface area contributed by atoms with Gasteiger partial charge in [-0.15, -0.1) is 0 Å². The van der Waals surface area contributed by atoms with Gasteiger partial charge in [0, 0.05) is 6.04 Å². The monoisotopic (exact) mass is 311 g/mol. The van der Waals surface area contributed by atoms with E-state index in [9.17, 15) is 13.2 Å². The van der Waals surface area contributed by atoms with E-state index in [-0.39, 0.29) is 30.1 Å². The number of rotatable bonds is 4. The van der Waals surface area contributed by atoms with Gasteiger partial charge in [-0.1, -0.05) is 17.7 Å². The van der Waals surface area contributed by atoms with E-state index < -0.39 is 9.84 Å².